The number of aromatic nitrogens is 2. The molecule has 5 nitrogen and oxygen atoms in total. The summed E-state index contributed by atoms with van der Waals surface area (Å²) in [6.07, 6.45) is 1.61. The second-order valence-electron chi connectivity index (χ2n) is 7.18. The van der Waals surface area contributed by atoms with E-state index in [0.29, 0.717) is 44.4 Å². The van der Waals surface area contributed by atoms with Gasteiger partial charge in [-0.3, -0.25) is 4.79 Å². The lowest BCUT2D eigenvalue weighted by atomic mass is 10.2. The van der Waals surface area contributed by atoms with Crippen LogP contribution in [0.4, 0.5) is 10.1 Å². The number of carbonyl (C=O) groups is 1. The lowest BCUT2D eigenvalue weighted by Crippen LogP contribution is -2.16. The van der Waals surface area contributed by atoms with E-state index < -0.39 is 5.91 Å². The van der Waals surface area contributed by atoms with Gasteiger partial charge in [0.2, 0.25) is 0 Å². The first kappa shape index (κ1) is 25.0. The molecule has 1 heterocycles. The molecule has 0 atom stereocenters. The van der Waals surface area contributed by atoms with Crippen molar-refractivity contribution in [2.75, 3.05) is 11.9 Å². The third-order valence-electron chi connectivity index (χ3n) is 4.74. The van der Waals surface area contributed by atoms with Crippen molar-refractivity contribution in [1.29, 1.82) is 0 Å². The number of thioether (sulfide) groups is 1. The summed E-state index contributed by atoms with van der Waals surface area (Å²) in [7, 11) is 0. The number of para-hydroxylation sites is 2. The Hall–Kier alpha value is -3.07. The smallest absolute Gasteiger partial charge is 0.275 e. The highest BCUT2D eigenvalue weighted by molar-refractivity contribution is 7.99. The van der Waals surface area contributed by atoms with Crippen LogP contribution in [0.15, 0.2) is 93.9 Å². The fraction of sp³-hybridized carbons (Fsp3) is 0.115. The summed E-state index contributed by atoms with van der Waals surface area (Å²) in [5, 5.41) is 3.89. The van der Waals surface area contributed by atoms with Crippen LogP contribution in [0, 0.1) is 5.82 Å². The number of nitrogens with one attached hydrogen (secondary N) is 1. The van der Waals surface area contributed by atoms with Gasteiger partial charge in [0, 0.05) is 21.9 Å². The summed E-state index contributed by atoms with van der Waals surface area (Å²) < 4.78 is 19.7. The second-order valence-corrected chi connectivity index (χ2v) is 9.68. The van der Waals surface area contributed by atoms with E-state index >= 15 is 0 Å². The van der Waals surface area contributed by atoms with Crippen molar-refractivity contribution in [2.24, 2.45) is 0 Å². The number of hydrogen-bond donors (Lipinski definition) is 1. The van der Waals surface area contributed by atoms with Gasteiger partial charge in [0.15, 0.2) is 5.16 Å². The molecule has 0 unspecified atom stereocenters. The lowest BCUT2D eigenvalue weighted by Gasteiger charge is -2.13. The number of rotatable bonds is 9. The number of carbonyl (C=O) groups excluding carboxylic acids is 1. The van der Waals surface area contributed by atoms with E-state index in [9.17, 15) is 9.18 Å². The normalized spacial score (nSPS) is 10.7. The van der Waals surface area contributed by atoms with Gasteiger partial charge >= 0.3 is 0 Å². The van der Waals surface area contributed by atoms with Gasteiger partial charge in [0.25, 0.3) is 5.91 Å². The fourth-order valence-corrected chi connectivity index (χ4v) is 4.88. The number of anilines is 1. The number of halogens is 2. The van der Waals surface area contributed by atoms with Crippen molar-refractivity contribution >= 4 is 46.7 Å². The van der Waals surface area contributed by atoms with E-state index in [-0.39, 0.29) is 11.5 Å². The fourth-order valence-electron chi connectivity index (χ4n) is 3.08. The summed E-state index contributed by atoms with van der Waals surface area (Å²) in [5.74, 6) is 0.215. The zero-order valence-corrected chi connectivity index (χ0v) is 21.1. The van der Waals surface area contributed by atoms with Crippen molar-refractivity contribution in [3.8, 4) is 5.75 Å². The molecule has 35 heavy (non-hydrogen) atoms. The molecule has 178 valence electrons. The molecule has 0 aliphatic rings. The standard InChI is InChI=1S/C26H21ClFN3O2S2/c1-2-33-22-10-6-5-9-21(22)30-25(32)24-23(35-19-13-11-18(27)12-14-19)15-29-26(31-24)34-16-17-7-3-4-8-20(17)28/h3-15H,2,16H2,1H3,(H,30,32). The van der Waals surface area contributed by atoms with Crippen molar-refractivity contribution < 1.29 is 13.9 Å². The SMILES string of the molecule is CCOc1ccccc1NC(=O)c1nc(SCc2ccccc2F)ncc1Sc1ccc(Cl)cc1. The first-order valence-corrected chi connectivity index (χ1v) is 12.9. The van der Waals surface area contributed by atoms with E-state index in [0.717, 1.165) is 4.90 Å². The van der Waals surface area contributed by atoms with Crippen molar-refractivity contribution in [2.45, 2.75) is 27.6 Å². The van der Waals surface area contributed by atoms with Gasteiger partial charge in [-0.05, 0) is 55.0 Å². The molecule has 0 bridgehead atoms. The average molecular weight is 526 g/mol. The Morgan fingerprint density at radius 2 is 1.80 bits per heavy atom. The van der Waals surface area contributed by atoms with Crippen LogP contribution in [0.2, 0.25) is 5.02 Å². The quantitative estimate of drug-likeness (QED) is 0.182. The molecule has 0 spiro atoms. The summed E-state index contributed by atoms with van der Waals surface area (Å²) in [4.78, 5) is 23.8. The van der Waals surface area contributed by atoms with E-state index in [1.807, 2.05) is 31.2 Å². The lowest BCUT2D eigenvalue weighted by molar-refractivity contribution is 0.101. The molecule has 1 N–H and O–H groups in total. The monoisotopic (exact) mass is 525 g/mol. The summed E-state index contributed by atoms with van der Waals surface area (Å²) >= 11 is 8.62. The van der Waals surface area contributed by atoms with Gasteiger partial charge < -0.3 is 10.1 Å². The molecule has 9 heteroatoms. The predicted molar refractivity (Wildman–Crippen MR) is 139 cm³/mol. The zero-order chi connectivity index (χ0) is 24.6. The molecule has 0 fully saturated rings. The van der Waals surface area contributed by atoms with Crippen LogP contribution in [-0.2, 0) is 5.75 Å². The van der Waals surface area contributed by atoms with Crippen LogP contribution in [0.1, 0.15) is 23.0 Å². The Balaban J connectivity index is 1.62. The maximum atomic E-state index is 14.0. The second kappa shape index (κ2) is 12.1. The highest BCUT2D eigenvalue weighted by atomic mass is 35.5. The molecule has 0 saturated heterocycles. The molecule has 1 amide bonds. The Morgan fingerprint density at radius 3 is 2.57 bits per heavy atom. The van der Waals surface area contributed by atoms with Gasteiger partial charge in [0.05, 0.1) is 17.2 Å². The third kappa shape index (κ3) is 6.75. The van der Waals surface area contributed by atoms with Crippen molar-refractivity contribution in [3.05, 3.63) is 101 Å². The van der Waals surface area contributed by atoms with Crippen LogP contribution < -0.4 is 10.1 Å². The van der Waals surface area contributed by atoms with Crippen LogP contribution >= 0.6 is 35.1 Å². The topological polar surface area (TPSA) is 64.1 Å². The maximum Gasteiger partial charge on any atom is 0.275 e. The van der Waals surface area contributed by atoms with Crippen molar-refractivity contribution in [1.82, 2.24) is 9.97 Å². The molecule has 0 radical (unpaired) electrons. The third-order valence-corrected chi connectivity index (χ3v) is 6.93. The zero-order valence-electron chi connectivity index (χ0n) is 18.7. The molecular formula is C26H21ClFN3O2S2. The van der Waals surface area contributed by atoms with Crippen LogP contribution in [0.25, 0.3) is 0 Å². The summed E-state index contributed by atoms with van der Waals surface area (Å²) in [6, 6.07) is 21.0. The predicted octanol–water partition coefficient (Wildman–Crippen LogP) is 7.36. The molecule has 1 aromatic heterocycles. The average Bonchev–Trinajstić information content (AvgIpc) is 2.87. The molecule has 3 aromatic carbocycles. The highest BCUT2D eigenvalue weighted by Gasteiger charge is 2.19. The van der Waals surface area contributed by atoms with E-state index in [2.05, 4.69) is 15.3 Å². The van der Waals surface area contributed by atoms with Crippen LogP contribution in [-0.4, -0.2) is 22.5 Å². The number of hydrogen-bond acceptors (Lipinski definition) is 6. The molecule has 0 saturated carbocycles. The highest BCUT2D eigenvalue weighted by Crippen LogP contribution is 2.33. The Bertz CT molecular complexity index is 1320. The van der Waals surface area contributed by atoms with Crippen LogP contribution in [0.5, 0.6) is 5.75 Å². The minimum atomic E-state index is -0.399. The van der Waals surface area contributed by atoms with Gasteiger partial charge in [-0.25, -0.2) is 14.4 Å². The molecule has 4 aromatic rings. The van der Waals surface area contributed by atoms with Crippen molar-refractivity contribution in [3.63, 3.8) is 0 Å². The molecule has 0 aliphatic heterocycles. The molecular weight excluding hydrogens is 505 g/mol. The Kier molecular flexibility index (Phi) is 8.63. The van der Waals surface area contributed by atoms with Gasteiger partial charge in [-0.2, -0.15) is 0 Å². The minimum absolute atomic E-state index is 0.210. The van der Waals surface area contributed by atoms with Gasteiger partial charge in [-0.1, -0.05) is 65.5 Å². The number of benzene rings is 3. The van der Waals surface area contributed by atoms with Gasteiger partial charge in [-0.15, -0.1) is 0 Å². The van der Waals surface area contributed by atoms with E-state index in [1.54, 1.807) is 48.7 Å². The first-order chi connectivity index (χ1) is 17.0. The maximum absolute atomic E-state index is 14.0. The summed E-state index contributed by atoms with van der Waals surface area (Å²) in [5.41, 5.74) is 1.29. The Morgan fingerprint density at radius 1 is 1.06 bits per heavy atom. The van der Waals surface area contributed by atoms with Gasteiger partial charge in [0.1, 0.15) is 17.3 Å². The Labute approximate surface area is 216 Å². The van der Waals surface area contributed by atoms with Crippen LogP contribution in [0.3, 0.4) is 0 Å². The minimum Gasteiger partial charge on any atom is -0.492 e. The first-order valence-electron chi connectivity index (χ1n) is 10.7. The van der Waals surface area contributed by atoms with E-state index in [4.69, 9.17) is 16.3 Å². The molecule has 0 aliphatic carbocycles. The number of ether oxygens (including phenoxy) is 1. The van der Waals surface area contributed by atoms with E-state index in [1.165, 1.54) is 29.6 Å². The number of amides is 1. The number of nitrogens with zero attached hydrogens (tertiary/aromatic N) is 2. The molecule has 4 rings (SSSR count). The summed E-state index contributed by atoms with van der Waals surface area (Å²) in [6.45, 7) is 2.35. The largest absolute Gasteiger partial charge is 0.492 e.